The molecule has 146 valence electrons. The van der Waals surface area contributed by atoms with Crippen LogP contribution in [-0.4, -0.2) is 37.2 Å². The van der Waals surface area contributed by atoms with E-state index in [2.05, 4.69) is 14.7 Å². The van der Waals surface area contributed by atoms with Crippen molar-refractivity contribution in [3.63, 3.8) is 0 Å². The van der Waals surface area contributed by atoms with Gasteiger partial charge in [-0.15, -0.1) is 0 Å². The third kappa shape index (κ3) is 6.25. The smallest absolute Gasteiger partial charge is 0.422 e. The lowest BCUT2D eigenvalue weighted by Crippen LogP contribution is -2.35. The van der Waals surface area contributed by atoms with Gasteiger partial charge in [0.1, 0.15) is 4.90 Å². The molecular formula is C14H12ClF3N4O4S. The summed E-state index contributed by atoms with van der Waals surface area (Å²) >= 11 is 5.78. The van der Waals surface area contributed by atoms with Crippen LogP contribution in [0.15, 0.2) is 35.2 Å². The van der Waals surface area contributed by atoms with E-state index < -0.39 is 40.7 Å². The largest absolute Gasteiger partial charge is 0.468 e. The lowest BCUT2D eigenvalue weighted by molar-refractivity contribution is -0.154. The Hall–Kier alpha value is -2.60. The molecular weight excluding hydrogens is 413 g/mol. The fraction of sp³-hybridized carbons (Fsp3) is 0.214. The molecule has 0 aliphatic carbocycles. The lowest BCUT2D eigenvalue weighted by atomic mass is 10.4. The summed E-state index contributed by atoms with van der Waals surface area (Å²) in [6.45, 7) is -0.165. The van der Waals surface area contributed by atoms with Crippen molar-refractivity contribution in [3.05, 3.63) is 41.0 Å². The second-order valence-electron chi connectivity index (χ2n) is 5.07. The Morgan fingerprint density at radius 1 is 1.26 bits per heavy atom. The quantitative estimate of drug-likeness (QED) is 0.763. The number of hydrogen-bond donors (Lipinski definition) is 2. The number of benzene rings is 1. The van der Waals surface area contributed by atoms with Gasteiger partial charge >= 0.3 is 12.2 Å². The molecule has 2 rings (SSSR count). The molecule has 2 N–H and O–H groups in total. The fourth-order valence-corrected chi connectivity index (χ4v) is 3.22. The van der Waals surface area contributed by atoms with Gasteiger partial charge in [0.2, 0.25) is 11.8 Å². The maximum absolute atomic E-state index is 12.2. The molecule has 1 aromatic heterocycles. The summed E-state index contributed by atoms with van der Waals surface area (Å²) in [4.78, 5) is 18.9. The molecule has 1 aromatic carbocycles. The SMILES string of the molecule is Cc1cc(OCC(F)(F)F)nc(NC(=O)NS(=O)(=O)c2ccccc2Cl)n1. The van der Waals surface area contributed by atoms with Crippen LogP contribution in [0.4, 0.5) is 23.9 Å². The minimum absolute atomic E-state index is 0.104. The third-order valence-electron chi connectivity index (χ3n) is 2.79. The number of carbonyl (C=O) groups excluding carboxylic acids is 1. The summed E-state index contributed by atoms with van der Waals surface area (Å²) in [6, 6.07) is 5.31. The molecule has 8 nitrogen and oxygen atoms in total. The Bertz CT molecular complexity index is 954. The number of hydrogen-bond acceptors (Lipinski definition) is 6. The van der Waals surface area contributed by atoms with Gasteiger partial charge in [-0.3, -0.25) is 5.32 Å². The molecule has 1 heterocycles. The highest BCUT2D eigenvalue weighted by Gasteiger charge is 2.29. The van der Waals surface area contributed by atoms with Gasteiger partial charge in [-0.05, 0) is 19.1 Å². The molecule has 0 aliphatic heterocycles. The van der Waals surface area contributed by atoms with E-state index >= 15 is 0 Å². The Morgan fingerprint density at radius 2 is 1.93 bits per heavy atom. The van der Waals surface area contributed by atoms with Crippen LogP contribution in [0.2, 0.25) is 5.02 Å². The number of nitrogens with one attached hydrogen (secondary N) is 2. The van der Waals surface area contributed by atoms with E-state index in [0.29, 0.717) is 0 Å². The molecule has 0 spiro atoms. The monoisotopic (exact) mass is 424 g/mol. The number of alkyl halides is 3. The minimum Gasteiger partial charge on any atom is -0.468 e. The lowest BCUT2D eigenvalue weighted by Gasteiger charge is -2.11. The van der Waals surface area contributed by atoms with Crippen LogP contribution in [-0.2, 0) is 10.0 Å². The van der Waals surface area contributed by atoms with Crippen molar-refractivity contribution in [2.45, 2.75) is 18.0 Å². The van der Waals surface area contributed by atoms with Gasteiger partial charge in [-0.25, -0.2) is 22.9 Å². The summed E-state index contributed by atoms with van der Waals surface area (Å²) in [5, 5.41) is 1.91. The average Bonchev–Trinajstić information content (AvgIpc) is 2.51. The van der Waals surface area contributed by atoms with Crippen LogP contribution in [0, 0.1) is 6.92 Å². The third-order valence-corrected chi connectivity index (χ3v) is 4.62. The first-order valence-corrected chi connectivity index (χ1v) is 8.96. The van der Waals surface area contributed by atoms with Gasteiger partial charge < -0.3 is 4.74 Å². The van der Waals surface area contributed by atoms with Gasteiger partial charge in [-0.2, -0.15) is 18.2 Å². The van der Waals surface area contributed by atoms with E-state index in [1.165, 1.54) is 31.2 Å². The first kappa shape index (κ1) is 20.7. The number of sulfonamides is 1. The number of rotatable bonds is 5. The summed E-state index contributed by atoms with van der Waals surface area (Å²) in [7, 11) is -4.29. The van der Waals surface area contributed by atoms with E-state index in [9.17, 15) is 26.4 Å². The predicted octanol–water partition coefficient (Wildman–Crippen LogP) is 2.89. The van der Waals surface area contributed by atoms with Gasteiger partial charge in [0.25, 0.3) is 10.0 Å². The van der Waals surface area contributed by atoms with Crippen molar-refractivity contribution in [2.24, 2.45) is 0 Å². The first-order chi connectivity index (χ1) is 12.5. The number of anilines is 1. The molecule has 0 unspecified atom stereocenters. The zero-order valence-corrected chi connectivity index (χ0v) is 15.1. The van der Waals surface area contributed by atoms with Gasteiger partial charge in [0.05, 0.1) is 5.02 Å². The molecule has 0 saturated heterocycles. The Kier molecular flexibility index (Phi) is 6.11. The molecule has 2 amide bonds. The Morgan fingerprint density at radius 3 is 2.56 bits per heavy atom. The molecule has 0 saturated carbocycles. The van der Waals surface area contributed by atoms with Gasteiger partial charge in [0.15, 0.2) is 6.61 Å². The van der Waals surface area contributed by atoms with E-state index in [4.69, 9.17) is 11.6 Å². The summed E-state index contributed by atoms with van der Waals surface area (Å²) in [5.41, 5.74) is 0.187. The number of aromatic nitrogens is 2. The van der Waals surface area contributed by atoms with E-state index in [-0.39, 0.29) is 15.6 Å². The molecule has 27 heavy (non-hydrogen) atoms. The van der Waals surface area contributed by atoms with E-state index in [1.807, 2.05) is 5.32 Å². The second kappa shape index (κ2) is 7.96. The normalized spacial score (nSPS) is 11.7. The van der Waals surface area contributed by atoms with Crippen LogP contribution in [0.3, 0.4) is 0 Å². The highest BCUT2D eigenvalue weighted by atomic mass is 35.5. The molecule has 0 atom stereocenters. The molecule has 0 radical (unpaired) electrons. The molecule has 2 aromatic rings. The molecule has 0 aliphatic rings. The second-order valence-corrected chi connectivity index (χ2v) is 7.12. The summed E-state index contributed by atoms with van der Waals surface area (Å²) in [5.74, 6) is -0.886. The molecule has 0 bridgehead atoms. The zero-order valence-electron chi connectivity index (χ0n) is 13.5. The minimum atomic E-state index is -4.58. The number of carbonyl (C=O) groups is 1. The van der Waals surface area contributed by atoms with Crippen LogP contribution in [0.1, 0.15) is 5.69 Å². The van der Waals surface area contributed by atoms with E-state index in [0.717, 1.165) is 6.07 Å². The molecule has 0 fully saturated rings. The Balaban J connectivity index is 2.11. The van der Waals surface area contributed by atoms with Crippen LogP contribution in [0.5, 0.6) is 5.88 Å². The highest BCUT2D eigenvalue weighted by Crippen LogP contribution is 2.21. The highest BCUT2D eigenvalue weighted by molar-refractivity contribution is 7.90. The van der Waals surface area contributed by atoms with Crippen LogP contribution in [0.25, 0.3) is 0 Å². The topological polar surface area (TPSA) is 110 Å². The predicted molar refractivity (Wildman–Crippen MR) is 89.1 cm³/mol. The van der Waals surface area contributed by atoms with Crippen molar-refractivity contribution in [3.8, 4) is 5.88 Å². The van der Waals surface area contributed by atoms with E-state index in [1.54, 1.807) is 4.72 Å². The number of aryl methyl sites for hydroxylation is 1. The van der Waals surface area contributed by atoms with Crippen molar-refractivity contribution in [1.29, 1.82) is 0 Å². The fourth-order valence-electron chi connectivity index (χ4n) is 1.79. The van der Waals surface area contributed by atoms with Crippen molar-refractivity contribution >= 4 is 33.6 Å². The van der Waals surface area contributed by atoms with Crippen LogP contribution >= 0.6 is 11.6 Å². The number of nitrogens with zero attached hydrogens (tertiary/aromatic N) is 2. The average molecular weight is 425 g/mol. The van der Waals surface area contributed by atoms with Crippen LogP contribution < -0.4 is 14.8 Å². The van der Waals surface area contributed by atoms with Gasteiger partial charge in [0, 0.05) is 11.8 Å². The standard InChI is InChI=1S/C14H12ClF3N4O4S/c1-8-6-11(26-7-14(16,17)18)20-12(19-8)21-13(23)22-27(24,25)10-5-3-2-4-9(10)15/h2-6H,7H2,1H3,(H2,19,20,21,22,23). The first-order valence-electron chi connectivity index (χ1n) is 7.10. The number of halogens is 4. The maximum atomic E-state index is 12.2. The number of urea groups is 1. The number of amides is 2. The summed E-state index contributed by atoms with van der Waals surface area (Å²) < 4.78 is 67.1. The van der Waals surface area contributed by atoms with Crippen molar-refractivity contribution in [2.75, 3.05) is 11.9 Å². The molecule has 13 heteroatoms. The van der Waals surface area contributed by atoms with Crippen molar-refractivity contribution in [1.82, 2.24) is 14.7 Å². The van der Waals surface area contributed by atoms with Gasteiger partial charge in [-0.1, -0.05) is 23.7 Å². The summed E-state index contributed by atoms with van der Waals surface area (Å²) in [6.07, 6.45) is -4.58. The maximum Gasteiger partial charge on any atom is 0.422 e. The number of ether oxygens (including phenoxy) is 1. The van der Waals surface area contributed by atoms with Crippen molar-refractivity contribution < 1.29 is 31.1 Å². The Labute approximate surface area is 156 Å². The zero-order chi connectivity index (χ0) is 20.2.